The Labute approximate surface area is 181 Å². The monoisotopic (exact) mass is 424 g/mol. The number of piperidine rings is 1. The van der Waals surface area contributed by atoms with Crippen molar-refractivity contribution in [1.29, 1.82) is 0 Å². The predicted octanol–water partition coefficient (Wildman–Crippen LogP) is 5.37. The summed E-state index contributed by atoms with van der Waals surface area (Å²) in [6.45, 7) is 4.51. The second-order valence-corrected chi connectivity index (χ2v) is 8.09. The molecule has 2 aromatic carbocycles. The molecule has 6 heteroatoms. The molecule has 0 spiro atoms. The summed E-state index contributed by atoms with van der Waals surface area (Å²) in [5.41, 5.74) is 2.90. The maximum atomic E-state index is 13.2. The Morgan fingerprint density at radius 2 is 1.83 bits per heavy atom. The summed E-state index contributed by atoms with van der Waals surface area (Å²) in [5.74, 6) is 0.930. The molecule has 3 aromatic rings. The number of carbonyl (C=O) groups excluding carboxylic acids is 1. The third-order valence-corrected chi connectivity index (χ3v) is 5.90. The summed E-state index contributed by atoms with van der Waals surface area (Å²) in [7, 11) is 0. The first-order valence-corrected chi connectivity index (χ1v) is 10.6. The topological polar surface area (TPSA) is 55.6 Å². The fourth-order valence-corrected chi connectivity index (χ4v) is 4.06. The van der Waals surface area contributed by atoms with E-state index in [0.717, 1.165) is 12.8 Å². The van der Waals surface area contributed by atoms with Gasteiger partial charge in [0.1, 0.15) is 17.0 Å². The first kappa shape index (κ1) is 20.6. The van der Waals surface area contributed by atoms with Crippen LogP contribution in [0.25, 0.3) is 11.3 Å². The molecule has 1 aromatic heterocycles. The Kier molecular flexibility index (Phi) is 6.50. The van der Waals surface area contributed by atoms with E-state index in [1.165, 1.54) is 5.56 Å². The number of hydrogen-bond donors (Lipinski definition) is 0. The number of benzene rings is 2. The maximum absolute atomic E-state index is 13.2. The molecule has 0 radical (unpaired) electrons. The molecular formula is C24H25ClN2O3. The molecule has 1 saturated heterocycles. The summed E-state index contributed by atoms with van der Waals surface area (Å²) in [5, 5.41) is 4.67. The highest BCUT2D eigenvalue weighted by Gasteiger charge is 2.29. The van der Waals surface area contributed by atoms with Gasteiger partial charge in [0.15, 0.2) is 0 Å². The standard InChI is InChI=1S/C24H25ClN2O3/c1-17-22(23(26-30-17)20-9-5-6-10-21(20)25)24(28)27-13-11-19(12-14-27)16-29-15-18-7-3-2-4-8-18/h2-10,19H,11-16H2,1H3. The van der Waals surface area contributed by atoms with Crippen molar-refractivity contribution in [2.75, 3.05) is 19.7 Å². The number of ether oxygens (including phenoxy) is 1. The Morgan fingerprint density at radius 1 is 1.13 bits per heavy atom. The van der Waals surface area contributed by atoms with Gasteiger partial charge in [-0.2, -0.15) is 0 Å². The molecule has 0 aliphatic carbocycles. The van der Waals surface area contributed by atoms with E-state index < -0.39 is 0 Å². The average Bonchev–Trinajstić information content (AvgIpc) is 3.16. The molecule has 0 atom stereocenters. The summed E-state index contributed by atoms with van der Waals surface area (Å²) < 4.78 is 11.3. The largest absolute Gasteiger partial charge is 0.376 e. The fourth-order valence-electron chi connectivity index (χ4n) is 3.84. The number of aromatic nitrogens is 1. The minimum atomic E-state index is -0.0488. The number of aryl methyl sites for hydroxylation is 1. The smallest absolute Gasteiger partial charge is 0.259 e. The number of halogens is 1. The van der Waals surface area contributed by atoms with Gasteiger partial charge in [0.25, 0.3) is 5.91 Å². The number of rotatable bonds is 6. The van der Waals surface area contributed by atoms with Gasteiger partial charge < -0.3 is 14.2 Å². The van der Waals surface area contributed by atoms with Crippen LogP contribution in [0.1, 0.15) is 34.5 Å². The molecule has 1 fully saturated rings. The van der Waals surface area contributed by atoms with Crippen molar-refractivity contribution in [3.05, 3.63) is 76.5 Å². The average molecular weight is 425 g/mol. The molecule has 1 aliphatic rings. The number of nitrogens with zero attached hydrogens (tertiary/aromatic N) is 2. The van der Waals surface area contributed by atoms with Gasteiger partial charge in [0.2, 0.25) is 0 Å². The van der Waals surface area contributed by atoms with Crippen LogP contribution in [0.5, 0.6) is 0 Å². The summed E-state index contributed by atoms with van der Waals surface area (Å²) in [4.78, 5) is 15.1. The van der Waals surface area contributed by atoms with Crippen molar-refractivity contribution in [3.63, 3.8) is 0 Å². The quantitative estimate of drug-likeness (QED) is 0.533. The van der Waals surface area contributed by atoms with Crippen LogP contribution in [0.4, 0.5) is 0 Å². The Balaban J connectivity index is 1.36. The second kappa shape index (κ2) is 9.45. The van der Waals surface area contributed by atoms with E-state index in [1.807, 2.05) is 41.3 Å². The Morgan fingerprint density at radius 3 is 2.57 bits per heavy atom. The molecule has 156 valence electrons. The SMILES string of the molecule is Cc1onc(-c2ccccc2Cl)c1C(=O)N1CCC(COCc2ccccc2)CC1. The second-order valence-electron chi connectivity index (χ2n) is 7.68. The molecule has 30 heavy (non-hydrogen) atoms. The first-order valence-electron chi connectivity index (χ1n) is 10.3. The van der Waals surface area contributed by atoms with Gasteiger partial charge in [-0.05, 0) is 37.3 Å². The van der Waals surface area contributed by atoms with Crippen molar-refractivity contribution < 1.29 is 14.1 Å². The molecule has 0 saturated carbocycles. The van der Waals surface area contributed by atoms with Crippen molar-refractivity contribution in [2.45, 2.75) is 26.4 Å². The summed E-state index contributed by atoms with van der Waals surface area (Å²) in [6, 6.07) is 17.6. The molecule has 1 amide bonds. The molecule has 5 nitrogen and oxygen atoms in total. The maximum Gasteiger partial charge on any atom is 0.259 e. The predicted molar refractivity (Wildman–Crippen MR) is 116 cm³/mol. The highest BCUT2D eigenvalue weighted by molar-refractivity contribution is 6.33. The van der Waals surface area contributed by atoms with Gasteiger partial charge in [-0.3, -0.25) is 4.79 Å². The fraction of sp³-hybridized carbons (Fsp3) is 0.333. The third kappa shape index (κ3) is 4.58. The van der Waals surface area contributed by atoms with Gasteiger partial charge in [0, 0.05) is 25.3 Å². The highest BCUT2D eigenvalue weighted by atomic mass is 35.5. The first-order chi connectivity index (χ1) is 14.6. The lowest BCUT2D eigenvalue weighted by atomic mass is 9.96. The Bertz CT molecular complexity index is 995. The highest BCUT2D eigenvalue weighted by Crippen LogP contribution is 2.32. The lowest BCUT2D eigenvalue weighted by Crippen LogP contribution is -2.39. The van der Waals surface area contributed by atoms with Crippen LogP contribution in [-0.4, -0.2) is 35.7 Å². The van der Waals surface area contributed by atoms with E-state index in [0.29, 0.717) is 59.8 Å². The zero-order valence-corrected chi connectivity index (χ0v) is 17.8. The van der Waals surface area contributed by atoms with E-state index in [4.69, 9.17) is 20.9 Å². The van der Waals surface area contributed by atoms with E-state index in [-0.39, 0.29) is 5.91 Å². The van der Waals surface area contributed by atoms with Crippen LogP contribution in [-0.2, 0) is 11.3 Å². The van der Waals surface area contributed by atoms with E-state index in [9.17, 15) is 4.79 Å². The van der Waals surface area contributed by atoms with Crippen molar-refractivity contribution in [3.8, 4) is 11.3 Å². The zero-order chi connectivity index (χ0) is 20.9. The summed E-state index contributed by atoms with van der Waals surface area (Å²) in [6.07, 6.45) is 1.85. The number of hydrogen-bond acceptors (Lipinski definition) is 4. The van der Waals surface area contributed by atoms with E-state index >= 15 is 0 Å². The van der Waals surface area contributed by atoms with Crippen LogP contribution in [0.15, 0.2) is 59.1 Å². The lowest BCUT2D eigenvalue weighted by molar-refractivity contribution is 0.0478. The molecular weight excluding hydrogens is 400 g/mol. The molecule has 0 bridgehead atoms. The molecule has 0 N–H and O–H groups in total. The van der Waals surface area contributed by atoms with Crippen molar-refractivity contribution >= 4 is 17.5 Å². The van der Waals surface area contributed by atoms with Gasteiger partial charge >= 0.3 is 0 Å². The van der Waals surface area contributed by atoms with Gasteiger partial charge in [-0.15, -0.1) is 0 Å². The van der Waals surface area contributed by atoms with Gasteiger partial charge in [0.05, 0.1) is 11.6 Å². The number of amides is 1. The molecule has 2 heterocycles. The van der Waals surface area contributed by atoms with E-state index in [2.05, 4.69) is 17.3 Å². The normalized spacial score (nSPS) is 14.8. The van der Waals surface area contributed by atoms with Crippen LogP contribution >= 0.6 is 11.6 Å². The molecule has 0 unspecified atom stereocenters. The number of likely N-dealkylation sites (tertiary alicyclic amines) is 1. The van der Waals surface area contributed by atoms with Gasteiger partial charge in [-0.25, -0.2) is 0 Å². The lowest BCUT2D eigenvalue weighted by Gasteiger charge is -2.32. The minimum Gasteiger partial charge on any atom is -0.376 e. The van der Waals surface area contributed by atoms with Gasteiger partial charge in [-0.1, -0.05) is 65.3 Å². The third-order valence-electron chi connectivity index (χ3n) is 5.57. The van der Waals surface area contributed by atoms with Crippen molar-refractivity contribution in [1.82, 2.24) is 10.1 Å². The van der Waals surface area contributed by atoms with Crippen LogP contribution in [0.3, 0.4) is 0 Å². The van der Waals surface area contributed by atoms with E-state index in [1.54, 1.807) is 13.0 Å². The molecule has 4 rings (SSSR count). The Hall–Kier alpha value is -2.63. The van der Waals surface area contributed by atoms with Crippen molar-refractivity contribution in [2.24, 2.45) is 5.92 Å². The number of carbonyl (C=O) groups is 1. The molecule has 1 aliphatic heterocycles. The minimum absolute atomic E-state index is 0.0488. The van der Waals surface area contributed by atoms with Crippen LogP contribution in [0.2, 0.25) is 5.02 Å². The van der Waals surface area contributed by atoms with Crippen LogP contribution in [0, 0.1) is 12.8 Å². The van der Waals surface area contributed by atoms with Crippen LogP contribution < -0.4 is 0 Å². The zero-order valence-electron chi connectivity index (χ0n) is 17.0. The summed E-state index contributed by atoms with van der Waals surface area (Å²) >= 11 is 6.32.